The molecule has 0 spiro atoms. The number of rotatable bonds is 3. The normalized spacial score (nSPS) is 23.6. The third kappa shape index (κ3) is 2.10. The molecule has 0 amide bonds. The summed E-state index contributed by atoms with van der Waals surface area (Å²) >= 11 is 0. The Morgan fingerprint density at radius 1 is 1.53 bits per heavy atom. The number of para-hydroxylation sites is 1. The van der Waals surface area contributed by atoms with Crippen LogP contribution in [0.1, 0.15) is 11.5 Å². The first-order valence-electron chi connectivity index (χ1n) is 5.41. The third-order valence-corrected chi connectivity index (χ3v) is 3.13. The van der Waals surface area contributed by atoms with Gasteiger partial charge in [-0.05, 0) is 6.07 Å². The molecule has 1 fully saturated rings. The van der Waals surface area contributed by atoms with E-state index in [1.807, 2.05) is 0 Å². The average molecular weight is 239 g/mol. The number of carboxylic acid groups (broad SMARTS) is 1. The summed E-state index contributed by atoms with van der Waals surface area (Å²) < 4.78 is 18.6. The molecule has 4 nitrogen and oxygen atoms in total. The monoisotopic (exact) mass is 239 g/mol. The number of methoxy groups -OCH3 is 1. The van der Waals surface area contributed by atoms with Crippen LogP contribution in [0, 0.1) is 11.7 Å². The first-order chi connectivity index (χ1) is 8.15. The molecule has 0 aliphatic carbocycles. The van der Waals surface area contributed by atoms with Gasteiger partial charge in [0.05, 0.1) is 13.0 Å². The molecule has 1 saturated heterocycles. The van der Waals surface area contributed by atoms with Crippen molar-refractivity contribution < 1.29 is 19.0 Å². The number of carbonyl (C=O) groups is 1. The van der Waals surface area contributed by atoms with Crippen molar-refractivity contribution in [2.45, 2.75) is 5.92 Å². The van der Waals surface area contributed by atoms with Gasteiger partial charge in [0, 0.05) is 24.6 Å². The Hall–Kier alpha value is -1.62. The summed E-state index contributed by atoms with van der Waals surface area (Å²) in [4.78, 5) is 11.1. The standard InChI is InChI=1S/C12H14FNO3/c1-17-11-7(3-2-4-10(11)13)8-5-14-6-9(8)12(15)16/h2-4,8-9,14H,5-6H2,1H3,(H,15,16). The minimum atomic E-state index is -0.869. The largest absolute Gasteiger partial charge is 0.493 e. The van der Waals surface area contributed by atoms with Gasteiger partial charge in [0.25, 0.3) is 0 Å². The van der Waals surface area contributed by atoms with Crippen LogP contribution < -0.4 is 10.1 Å². The Kier molecular flexibility index (Phi) is 3.28. The Morgan fingerprint density at radius 3 is 2.94 bits per heavy atom. The first-order valence-corrected chi connectivity index (χ1v) is 5.41. The van der Waals surface area contributed by atoms with Crippen LogP contribution in [0.2, 0.25) is 0 Å². The molecule has 2 rings (SSSR count). The minimum Gasteiger partial charge on any atom is -0.493 e. The van der Waals surface area contributed by atoms with E-state index >= 15 is 0 Å². The topological polar surface area (TPSA) is 58.6 Å². The zero-order valence-electron chi connectivity index (χ0n) is 9.44. The van der Waals surface area contributed by atoms with Gasteiger partial charge in [-0.2, -0.15) is 0 Å². The van der Waals surface area contributed by atoms with Crippen molar-refractivity contribution in [1.29, 1.82) is 0 Å². The molecule has 2 unspecified atom stereocenters. The van der Waals surface area contributed by atoms with Crippen molar-refractivity contribution in [2.24, 2.45) is 5.92 Å². The Balaban J connectivity index is 2.39. The number of hydrogen-bond donors (Lipinski definition) is 2. The Labute approximate surface area is 98.4 Å². The highest BCUT2D eigenvalue weighted by Crippen LogP contribution is 2.35. The van der Waals surface area contributed by atoms with E-state index in [1.165, 1.54) is 13.2 Å². The molecule has 0 saturated carbocycles. The van der Waals surface area contributed by atoms with Crippen molar-refractivity contribution in [1.82, 2.24) is 5.32 Å². The molecule has 2 N–H and O–H groups in total. The van der Waals surface area contributed by atoms with Gasteiger partial charge < -0.3 is 15.2 Å². The highest BCUT2D eigenvalue weighted by Gasteiger charge is 2.35. The van der Waals surface area contributed by atoms with E-state index in [9.17, 15) is 9.18 Å². The fraction of sp³-hybridized carbons (Fsp3) is 0.417. The maximum Gasteiger partial charge on any atom is 0.308 e. The van der Waals surface area contributed by atoms with Crippen LogP contribution in [0.3, 0.4) is 0 Å². The van der Waals surface area contributed by atoms with Crippen molar-refractivity contribution in [2.75, 3.05) is 20.2 Å². The molecule has 5 heteroatoms. The lowest BCUT2D eigenvalue weighted by Crippen LogP contribution is -2.21. The lowest BCUT2D eigenvalue weighted by atomic mass is 9.88. The van der Waals surface area contributed by atoms with Gasteiger partial charge in [0.1, 0.15) is 0 Å². The predicted molar refractivity (Wildman–Crippen MR) is 59.7 cm³/mol. The number of hydrogen-bond acceptors (Lipinski definition) is 3. The summed E-state index contributed by atoms with van der Waals surface area (Å²) in [6, 6.07) is 4.60. The lowest BCUT2D eigenvalue weighted by molar-refractivity contribution is -0.141. The van der Waals surface area contributed by atoms with Gasteiger partial charge in [-0.3, -0.25) is 4.79 Å². The molecule has 92 valence electrons. The summed E-state index contributed by atoms with van der Waals surface area (Å²) in [5.41, 5.74) is 0.616. The summed E-state index contributed by atoms with van der Waals surface area (Å²) in [5, 5.41) is 12.1. The van der Waals surface area contributed by atoms with Gasteiger partial charge in [0.15, 0.2) is 11.6 Å². The molecule has 1 aliphatic heterocycles. The number of ether oxygens (including phenoxy) is 1. The van der Waals surface area contributed by atoms with E-state index in [4.69, 9.17) is 9.84 Å². The minimum absolute atomic E-state index is 0.146. The van der Waals surface area contributed by atoms with Crippen LogP contribution in [-0.2, 0) is 4.79 Å². The van der Waals surface area contributed by atoms with Crippen molar-refractivity contribution in [3.8, 4) is 5.75 Å². The quantitative estimate of drug-likeness (QED) is 0.832. The molecular formula is C12H14FNO3. The number of nitrogens with one attached hydrogen (secondary N) is 1. The molecule has 1 aromatic carbocycles. The molecule has 0 aromatic heterocycles. The molecule has 1 aliphatic rings. The van der Waals surface area contributed by atoms with Crippen molar-refractivity contribution in [3.05, 3.63) is 29.6 Å². The second-order valence-electron chi connectivity index (χ2n) is 4.07. The van der Waals surface area contributed by atoms with Gasteiger partial charge >= 0.3 is 5.97 Å². The van der Waals surface area contributed by atoms with E-state index in [-0.39, 0.29) is 11.7 Å². The first kappa shape index (κ1) is 11.9. The van der Waals surface area contributed by atoms with E-state index < -0.39 is 17.7 Å². The number of halogens is 1. The SMILES string of the molecule is COc1c(F)cccc1C1CNCC1C(=O)O. The average Bonchev–Trinajstić information content (AvgIpc) is 2.77. The van der Waals surface area contributed by atoms with Gasteiger partial charge in [-0.15, -0.1) is 0 Å². The fourth-order valence-electron chi connectivity index (χ4n) is 2.30. The molecule has 0 radical (unpaired) electrons. The van der Waals surface area contributed by atoms with Crippen LogP contribution in [-0.4, -0.2) is 31.3 Å². The molecule has 0 bridgehead atoms. The molecular weight excluding hydrogens is 225 g/mol. The maximum absolute atomic E-state index is 13.5. The Morgan fingerprint density at radius 2 is 2.29 bits per heavy atom. The van der Waals surface area contributed by atoms with Crippen LogP contribution in [0.5, 0.6) is 5.75 Å². The number of benzene rings is 1. The summed E-state index contributed by atoms with van der Waals surface area (Å²) in [7, 11) is 1.39. The highest BCUT2D eigenvalue weighted by molar-refractivity contribution is 5.72. The summed E-state index contributed by atoms with van der Waals surface area (Å²) in [5.74, 6) is -1.97. The number of aliphatic carboxylic acids is 1. The Bertz CT molecular complexity index is 436. The van der Waals surface area contributed by atoms with Crippen LogP contribution >= 0.6 is 0 Å². The van der Waals surface area contributed by atoms with Gasteiger partial charge in [-0.1, -0.05) is 12.1 Å². The van der Waals surface area contributed by atoms with E-state index in [0.717, 1.165) is 0 Å². The third-order valence-electron chi connectivity index (χ3n) is 3.13. The second kappa shape index (κ2) is 4.71. The smallest absolute Gasteiger partial charge is 0.308 e. The molecule has 17 heavy (non-hydrogen) atoms. The second-order valence-corrected chi connectivity index (χ2v) is 4.07. The van der Waals surface area contributed by atoms with Gasteiger partial charge in [0.2, 0.25) is 0 Å². The summed E-state index contributed by atoms with van der Waals surface area (Å²) in [6.07, 6.45) is 0. The molecule has 2 atom stereocenters. The molecule has 1 heterocycles. The van der Waals surface area contributed by atoms with E-state index in [0.29, 0.717) is 18.7 Å². The maximum atomic E-state index is 13.5. The van der Waals surface area contributed by atoms with Crippen LogP contribution in [0.15, 0.2) is 18.2 Å². The van der Waals surface area contributed by atoms with E-state index in [1.54, 1.807) is 12.1 Å². The summed E-state index contributed by atoms with van der Waals surface area (Å²) in [6.45, 7) is 0.927. The zero-order valence-corrected chi connectivity index (χ0v) is 9.44. The zero-order chi connectivity index (χ0) is 12.4. The molecule has 1 aromatic rings. The van der Waals surface area contributed by atoms with Crippen molar-refractivity contribution in [3.63, 3.8) is 0 Å². The van der Waals surface area contributed by atoms with E-state index in [2.05, 4.69) is 5.32 Å². The predicted octanol–water partition coefficient (Wildman–Crippen LogP) is 1.22. The van der Waals surface area contributed by atoms with Crippen LogP contribution in [0.4, 0.5) is 4.39 Å². The fourth-order valence-corrected chi connectivity index (χ4v) is 2.30. The van der Waals surface area contributed by atoms with Crippen molar-refractivity contribution >= 4 is 5.97 Å². The highest BCUT2D eigenvalue weighted by atomic mass is 19.1. The van der Waals surface area contributed by atoms with Crippen LogP contribution in [0.25, 0.3) is 0 Å². The number of carboxylic acids is 1. The van der Waals surface area contributed by atoms with Gasteiger partial charge in [-0.25, -0.2) is 4.39 Å². The lowest BCUT2D eigenvalue weighted by Gasteiger charge is -2.18.